The van der Waals surface area contributed by atoms with Crippen LogP contribution in [0.3, 0.4) is 0 Å². The number of nitrogens with one attached hydrogen (secondary N) is 1. The average molecular weight is 701 g/mol. The predicted octanol–water partition coefficient (Wildman–Crippen LogP) is 5.28. The summed E-state index contributed by atoms with van der Waals surface area (Å²) in [5, 5.41) is 25.0. The monoisotopic (exact) mass is 699 g/mol. The molecule has 3 heterocycles. The number of aliphatic hydroxyl groups is 1. The van der Waals surface area contributed by atoms with Gasteiger partial charge in [-0.1, -0.05) is 46.0 Å². The Labute approximate surface area is 271 Å². The number of carbonyl (C=O) groups is 1. The number of H-pyrrole nitrogens is 1. The van der Waals surface area contributed by atoms with Crippen molar-refractivity contribution in [2.24, 2.45) is 0 Å². The summed E-state index contributed by atoms with van der Waals surface area (Å²) < 4.78 is 52.7. The van der Waals surface area contributed by atoms with Crippen LogP contribution in [0.2, 0.25) is 15.1 Å². The third-order valence-corrected chi connectivity index (χ3v) is 8.03. The minimum atomic E-state index is -3.92. The van der Waals surface area contributed by atoms with Crippen molar-refractivity contribution in [1.29, 1.82) is 0 Å². The van der Waals surface area contributed by atoms with Crippen molar-refractivity contribution < 1.29 is 46.6 Å². The fourth-order valence-corrected chi connectivity index (χ4v) is 5.87. The number of rotatable bonds is 8. The zero-order valence-corrected chi connectivity index (χ0v) is 26.5. The van der Waals surface area contributed by atoms with Crippen LogP contribution >= 0.6 is 34.8 Å². The number of aromatic carboxylic acids is 1. The topological polar surface area (TPSA) is 167 Å². The largest absolute Gasteiger partial charge is 0.748 e. The highest BCUT2D eigenvalue weighted by molar-refractivity contribution is 7.84. The maximum atomic E-state index is 13.8. The summed E-state index contributed by atoms with van der Waals surface area (Å²) in [5.74, 6) is 0.481. The highest BCUT2D eigenvalue weighted by Crippen LogP contribution is 2.46. The number of nitrogens with zero attached hydrogens (tertiary/aromatic N) is 2. The molecular formula is C29H25Cl3FN3O8S. The quantitative estimate of drug-likeness (QED) is 0.231. The van der Waals surface area contributed by atoms with Gasteiger partial charge in [0.05, 0.1) is 36.3 Å². The second kappa shape index (κ2) is 12.7. The summed E-state index contributed by atoms with van der Waals surface area (Å²) in [6, 6.07) is 10.6. The first-order valence-corrected chi connectivity index (χ1v) is 16.3. The van der Waals surface area contributed by atoms with Gasteiger partial charge in [0, 0.05) is 29.4 Å². The molecule has 1 aliphatic carbocycles. The SMILES string of the molecule is CS(=O)(=O)[O-].O=C(O)c1ccc(N2CC(O)(c3ccc(OCc4c(-c5c(Cl)cc(F)cc5Cl)noc4C4CC4)cc3Cl)C2)[nH+]c1. The van der Waals surface area contributed by atoms with Gasteiger partial charge in [-0.15, -0.1) is 0 Å². The third-order valence-electron chi connectivity index (χ3n) is 7.12. The number of carboxylic acids is 1. The lowest BCUT2D eigenvalue weighted by Crippen LogP contribution is -2.60. The van der Waals surface area contributed by atoms with Gasteiger partial charge >= 0.3 is 5.97 Å². The number of β-amino-alcohol motifs (C(OH)–C–C–N with tert-alkyl or cyclic N) is 1. The molecule has 2 fully saturated rings. The highest BCUT2D eigenvalue weighted by Gasteiger charge is 2.50. The maximum absolute atomic E-state index is 13.8. The van der Waals surface area contributed by atoms with E-state index in [4.69, 9.17) is 62.1 Å². The molecule has 2 aromatic carbocycles. The minimum absolute atomic E-state index is 0.0879. The van der Waals surface area contributed by atoms with Crippen LogP contribution in [0.15, 0.2) is 53.2 Å². The smallest absolute Gasteiger partial charge is 0.339 e. The zero-order valence-electron chi connectivity index (χ0n) is 23.4. The van der Waals surface area contributed by atoms with Gasteiger partial charge in [0.15, 0.2) is 5.60 Å². The Kier molecular flexibility index (Phi) is 9.32. The van der Waals surface area contributed by atoms with E-state index >= 15 is 0 Å². The molecule has 0 atom stereocenters. The number of hydrogen-bond acceptors (Lipinski definition) is 9. The Morgan fingerprint density at radius 2 is 1.80 bits per heavy atom. The van der Waals surface area contributed by atoms with Gasteiger partial charge in [-0.25, -0.2) is 22.6 Å². The molecule has 2 aliphatic rings. The Hall–Kier alpha value is -3.46. The number of pyridine rings is 1. The fraction of sp³-hybridized carbons (Fsp3) is 0.276. The Bertz CT molecular complexity index is 1830. The molecule has 1 aliphatic heterocycles. The molecule has 0 spiro atoms. The number of benzene rings is 2. The molecule has 4 aromatic rings. The summed E-state index contributed by atoms with van der Waals surface area (Å²) in [7, 11) is -3.92. The number of aromatic nitrogens is 2. The second-order valence-corrected chi connectivity index (χ2v) is 13.3. The molecule has 16 heteroatoms. The van der Waals surface area contributed by atoms with E-state index in [9.17, 15) is 14.3 Å². The summed E-state index contributed by atoms with van der Waals surface area (Å²) in [4.78, 5) is 15.9. The third kappa shape index (κ3) is 7.68. The Morgan fingerprint density at radius 1 is 1.16 bits per heavy atom. The molecule has 1 saturated carbocycles. The van der Waals surface area contributed by atoms with E-state index in [2.05, 4.69) is 10.1 Å². The number of hydrogen-bond donors (Lipinski definition) is 2. The molecule has 0 amide bonds. The second-order valence-electron chi connectivity index (χ2n) is 10.7. The van der Waals surface area contributed by atoms with Crippen LogP contribution in [-0.2, 0) is 22.3 Å². The van der Waals surface area contributed by atoms with Crippen LogP contribution in [0, 0.1) is 5.82 Å². The van der Waals surface area contributed by atoms with E-state index in [0.717, 1.165) is 12.8 Å². The lowest BCUT2D eigenvalue weighted by Gasteiger charge is -2.42. The summed E-state index contributed by atoms with van der Waals surface area (Å²) >= 11 is 19.2. The molecule has 1 saturated heterocycles. The van der Waals surface area contributed by atoms with E-state index in [0.29, 0.717) is 51.0 Å². The Balaban J connectivity index is 0.000000743. The molecular weight excluding hydrogens is 676 g/mol. The van der Waals surface area contributed by atoms with E-state index in [-0.39, 0.29) is 41.2 Å². The first-order valence-electron chi connectivity index (χ1n) is 13.3. The molecule has 2 aromatic heterocycles. The van der Waals surface area contributed by atoms with Crippen LogP contribution in [0.25, 0.3) is 11.3 Å². The lowest BCUT2D eigenvalue weighted by molar-refractivity contribution is -0.366. The predicted molar refractivity (Wildman–Crippen MR) is 161 cm³/mol. The normalized spacial score (nSPS) is 15.6. The first kappa shape index (κ1) is 32.9. The van der Waals surface area contributed by atoms with Crippen molar-refractivity contribution in [3.8, 4) is 17.0 Å². The molecule has 0 bridgehead atoms. The molecule has 11 nitrogen and oxygen atoms in total. The van der Waals surface area contributed by atoms with Gasteiger partial charge in [-0.05, 0) is 43.2 Å². The van der Waals surface area contributed by atoms with Crippen molar-refractivity contribution >= 4 is 56.7 Å². The van der Waals surface area contributed by atoms with Crippen LogP contribution < -0.4 is 14.6 Å². The summed E-state index contributed by atoms with van der Waals surface area (Å²) in [5.41, 5.74) is 0.956. The van der Waals surface area contributed by atoms with Crippen molar-refractivity contribution in [1.82, 2.24) is 5.16 Å². The standard InChI is InChI=1S/C28H21Cl3FN3O5.CH4O3S/c29-20-9-17(4-5-19(20)28(38)12-35(13-28)23-6-3-15(10-33-23)27(36)37)39-11-18-25(34-40-26(18)14-1-2-14)24-21(30)7-16(32)8-22(24)31;1-5(2,3)4/h3-10,14,38H,1-2,11-13H2,(H,36,37);1H3,(H,2,3,4). The van der Waals surface area contributed by atoms with Gasteiger partial charge in [0.25, 0.3) is 5.82 Å². The molecule has 0 radical (unpaired) electrons. The van der Waals surface area contributed by atoms with Gasteiger partial charge in [-0.3, -0.25) is 4.90 Å². The number of ether oxygens (including phenoxy) is 1. The van der Waals surface area contributed by atoms with Gasteiger partial charge in [0.1, 0.15) is 48.9 Å². The Morgan fingerprint density at radius 3 is 2.33 bits per heavy atom. The van der Waals surface area contributed by atoms with Gasteiger partial charge in [-0.2, -0.15) is 0 Å². The van der Waals surface area contributed by atoms with Crippen LogP contribution in [0.1, 0.15) is 46.0 Å². The number of anilines is 1. The van der Waals surface area contributed by atoms with E-state index in [1.165, 1.54) is 24.4 Å². The van der Waals surface area contributed by atoms with E-state index in [1.807, 2.05) is 4.90 Å². The van der Waals surface area contributed by atoms with E-state index < -0.39 is 27.5 Å². The maximum Gasteiger partial charge on any atom is 0.339 e. The van der Waals surface area contributed by atoms with Crippen LogP contribution in [-0.4, -0.2) is 53.7 Å². The first-order chi connectivity index (χ1) is 21.1. The molecule has 238 valence electrons. The number of halogens is 4. The number of aromatic amines is 1. The van der Waals surface area contributed by atoms with Crippen molar-refractivity contribution in [2.75, 3.05) is 24.2 Å². The fourth-order valence-electron chi connectivity index (χ4n) is 4.88. The van der Waals surface area contributed by atoms with Gasteiger partial charge < -0.3 is 24.0 Å². The lowest BCUT2D eigenvalue weighted by atomic mass is 9.86. The molecule has 0 unspecified atom stereocenters. The van der Waals surface area contributed by atoms with Crippen molar-refractivity contribution in [2.45, 2.75) is 31.0 Å². The summed E-state index contributed by atoms with van der Waals surface area (Å²) in [6.45, 7) is 0.623. The van der Waals surface area contributed by atoms with Crippen molar-refractivity contribution in [3.05, 3.63) is 92.0 Å². The zero-order chi connectivity index (χ0) is 32.7. The average Bonchev–Trinajstić information content (AvgIpc) is 3.69. The molecule has 6 rings (SSSR count). The summed E-state index contributed by atoms with van der Waals surface area (Å²) in [6.07, 6.45) is 3.93. The number of carboxylic acid groups (broad SMARTS) is 1. The van der Waals surface area contributed by atoms with Crippen molar-refractivity contribution in [3.63, 3.8) is 0 Å². The highest BCUT2D eigenvalue weighted by atomic mass is 35.5. The van der Waals surface area contributed by atoms with Gasteiger partial charge in [0.2, 0.25) is 0 Å². The van der Waals surface area contributed by atoms with E-state index in [1.54, 1.807) is 24.3 Å². The minimum Gasteiger partial charge on any atom is -0.748 e. The van der Waals surface area contributed by atoms with Crippen LogP contribution in [0.4, 0.5) is 10.2 Å². The molecule has 45 heavy (non-hydrogen) atoms. The molecule has 3 N–H and O–H groups in total. The van der Waals surface area contributed by atoms with Crippen LogP contribution in [0.5, 0.6) is 5.75 Å².